The summed E-state index contributed by atoms with van der Waals surface area (Å²) < 4.78 is 7.79. The number of aliphatic hydroxyl groups excluding tert-OH is 1. The van der Waals surface area contributed by atoms with Gasteiger partial charge >= 0.3 is 0 Å². The summed E-state index contributed by atoms with van der Waals surface area (Å²) in [5, 5.41) is 21.3. The largest absolute Gasteiger partial charge is 0.389 e. The van der Waals surface area contributed by atoms with Crippen molar-refractivity contribution < 1.29 is 9.84 Å². The van der Waals surface area contributed by atoms with Gasteiger partial charge in [0, 0.05) is 38.2 Å². The lowest BCUT2D eigenvalue weighted by Crippen LogP contribution is -2.39. The van der Waals surface area contributed by atoms with Crippen LogP contribution in [0.3, 0.4) is 0 Å². The van der Waals surface area contributed by atoms with Crippen molar-refractivity contribution in [1.29, 1.82) is 0 Å². The summed E-state index contributed by atoms with van der Waals surface area (Å²) in [5.41, 5.74) is 2.16. The molecule has 1 aliphatic rings. The van der Waals surface area contributed by atoms with Crippen LogP contribution < -0.4 is 10.6 Å². The van der Waals surface area contributed by atoms with Gasteiger partial charge in [0.15, 0.2) is 0 Å². The summed E-state index contributed by atoms with van der Waals surface area (Å²) in [7, 11) is 0. The molecule has 25 heavy (non-hydrogen) atoms. The fraction of sp³-hybridized carbons (Fsp3) is 0.526. The maximum atomic E-state index is 10.1. The van der Waals surface area contributed by atoms with Gasteiger partial charge in [0.05, 0.1) is 24.5 Å². The van der Waals surface area contributed by atoms with E-state index in [0.717, 1.165) is 36.7 Å². The zero-order valence-electron chi connectivity index (χ0n) is 15.0. The van der Waals surface area contributed by atoms with Gasteiger partial charge in [-0.2, -0.15) is 5.10 Å². The molecule has 6 nitrogen and oxygen atoms in total. The third-order valence-electron chi connectivity index (χ3n) is 4.53. The second-order valence-electron chi connectivity index (χ2n) is 6.80. The number of anilines is 1. The molecule has 136 valence electrons. The van der Waals surface area contributed by atoms with Crippen molar-refractivity contribution in [1.82, 2.24) is 15.1 Å². The highest BCUT2D eigenvalue weighted by Gasteiger charge is 2.19. The van der Waals surface area contributed by atoms with Crippen molar-refractivity contribution in [3.8, 4) is 0 Å². The number of benzene rings is 1. The maximum Gasteiger partial charge on any atom is 0.124 e. The lowest BCUT2D eigenvalue weighted by atomic mass is 10.1. The third-order valence-corrected chi connectivity index (χ3v) is 4.53. The van der Waals surface area contributed by atoms with Crippen LogP contribution in [0.1, 0.15) is 24.3 Å². The van der Waals surface area contributed by atoms with Crippen LogP contribution in [0.4, 0.5) is 5.82 Å². The van der Waals surface area contributed by atoms with Gasteiger partial charge in [-0.25, -0.2) is 4.68 Å². The van der Waals surface area contributed by atoms with E-state index in [-0.39, 0.29) is 6.10 Å². The molecule has 2 heterocycles. The Balaban J connectivity index is 1.34. The topological polar surface area (TPSA) is 71.3 Å². The van der Waals surface area contributed by atoms with Gasteiger partial charge in [-0.3, -0.25) is 0 Å². The van der Waals surface area contributed by atoms with Crippen molar-refractivity contribution in [2.24, 2.45) is 5.92 Å². The van der Waals surface area contributed by atoms with Crippen LogP contribution in [-0.2, 0) is 11.3 Å². The number of nitrogens with one attached hydrogen (secondary N) is 2. The van der Waals surface area contributed by atoms with Gasteiger partial charge in [-0.1, -0.05) is 30.3 Å². The van der Waals surface area contributed by atoms with Gasteiger partial charge in [0.2, 0.25) is 0 Å². The number of hydrogen-bond donors (Lipinski definition) is 3. The summed E-state index contributed by atoms with van der Waals surface area (Å²) in [5.74, 6) is 1.56. The zero-order chi connectivity index (χ0) is 17.6. The number of aryl methyl sites for hydroxylation is 1. The molecule has 1 aromatic carbocycles. The Morgan fingerprint density at radius 2 is 2.20 bits per heavy atom. The van der Waals surface area contributed by atoms with E-state index in [1.54, 1.807) is 0 Å². The molecule has 0 bridgehead atoms. The number of nitrogens with zero attached hydrogens (tertiary/aromatic N) is 2. The number of ether oxygens (including phenoxy) is 1. The fourth-order valence-electron chi connectivity index (χ4n) is 3.11. The molecular weight excluding hydrogens is 316 g/mol. The van der Waals surface area contributed by atoms with Crippen LogP contribution in [0.5, 0.6) is 0 Å². The summed E-state index contributed by atoms with van der Waals surface area (Å²) in [6, 6.07) is 12.1. The molecule has 1 aliphatic heterocycles. The Hall–Kier alpha value is -1.89. The van der Waals surface area contributed by atoms with E-state index in [1.807, 2.05) is 48.9 Å². The molecular formula is C19H28N4O2. The lowest BCUT2D eigenvalue weighted by Gasteiger charge is -2.25. The van der Waals surface area contributed by atoms with Crippen molar-refractivity contribution in [3.05, 3.63) is 47.7 Å². The predicted molar refractivity (Wildman–Crippen MR) is 98.6 cm³/mol. The maximum absolute atomic E-state index is 10.1. The van der Waals surface area contributed by atoms with Crippen LogP contribution in [0, 0.1) is 12.8 Å². The summed E-state index contributed by atoms with van der Waals surface area (Å²) in [6.45, 7) is 7.55. The van der Waals surface area contributed by atoms with Crippen LogP contribution in [-0.4, -0.2) is 47.2 Å². The first-order valence-electron chi connectivity index (χ1n) is 8.95. The van der Waals surface area contributed by atoms with E-state index in [0.29, 0.717) is 19.1 Å². The van der Waals surface area contributed by atoms with E-state index in [9.17, 15) is 5.11 Å². The normalized spacial score (nSPS) is 19.1. The number of rotatable bonds is 8. The van der Waals surface area contributed by atoms with Crippen LogP contribution >= 0.6 is 0 Å². The van der Waals surface area contributed by atoms with Gasteiger partial charge in [0.1, 0.15) is 5.82 Å². The lowest BCUT2D eigenvalue weighted by molar-refractivity contribution is -0.00228. The second-order valence-corrected chi connectivity index (χ2v) is 6.80. The first-order valence-corrected chi connectivity index (χ1v) is 8.95. The second kappa shape index (κ2) is 8.47. The third kappa shape index (κ3) is 5.04. The van der Waals surface area contributed by atoms with Gasteiger partial charge in [-0.15, -0.1) is 0 Å². The number of hydrogen-bond acceptors (Lipinski definition) is 5. The standard InChI is InChI=1S/C19H28N4O2/c1-14-8-19-21-10-16(12-23(19)22-14)9-20-11-18(24)13-25-15(2)17-6-4-3-5-7-17/h3-8,15-16,18,20-21,24H,9-13H2,1-2H3/t15-,16-,18-/m1/s1. The molecule has 3 atom stereocenters. The average Bonchev–Trinajstić information content (AvgIpc) is 2.99. The average molecular weight is 344 g/mol. The van der Waals surface area contributed by atoms with Crippen molar-refractivity contribution in [2.45, 2.75) is 32.6 Å². The minimum atomic E-state index is -0.509. The Kier molecular flexibility index (Phi) is 6.07. The Bertz CT molecular complexity index is 659. The molecule has 1 aromatic heterocycles. The minimum Gasteiger partial charge on any atom is -0.389 e. The van der Waals surface area contributed by atoms with Crippen molar-refractivity contribution in [2.75, 3.05) is 31.6 Å². The van der Waals surface area contributed by atoms with Crippen LogP contribution in [0.15, 0.2) is 36.4 Å². The molecule has 0 spiro atoms. The van der Waals surface area contributed by atoms with Crippen LogP contribution in [0.25, 0.3) is 0 Å². The monoisotopic (exact) mass is 344 g/mol. The molecule has 0 aliphatic carbocycles. The Labute approximate surface area is 149 Å². The molecule has 3 rings (SSSR count). The van der Waals surface area contributed by atoms with E-state index in [4.69, 9.17) is 4.74 Å². The zero-order valence-corrected chi connectivity index (χ0v) is 15.0. The quantitative estimate of drug-likeness (QED) is 0.683. The summed E-state index contributed by atoms with van der Waals surface area (Å²) in [4.78, 5) is 0. The first-order chi connectivity index (χ1) is 12.1. The van der Waals surface area contributed by atoms with E-state index in [2.05, 4.69) is 21.8 Å². The summed E-state index contributed by atoms with van der Waals surface area (Å²) >= 11 is 0. The highest BCUT2D eigenvalue weighted by Crippen LogP contribution is 2.18. The molecule has 0 amide bonds. The molecule has 0 saturated heterocycles. The van der Waals surface area contributed by atoms with Gasteiger partial charge in [-0.05, 0) is 19.4 Å². The number of aliphatic hydroxyl groups is 1. The van der Waals surface area contributed by atoms with Gasteiger partial charge in [0.25, 0.3) is 0 Å². The fourth-order valence-corrected chi connectivity index (χ4v) is 3.11. The molecule has 3 N–H and O–H groups in total. The molecule has 0 saturated carbocycles. The van der Waals surface area contributed by atoms with Crippen molar-refractivity contribution in [3.63, 3.8) is 0 Å². The molecule has 6 heteroatoms. The summed E-state index contributed by atoms with van der Waals surface area (Å²) in [6.07, 6.45) is -0.523. The number of aromatic nitrogens is 2. The van der Waals surface area contributed by atoms with Gasteiger partial charge < -0.3 is 20.5 Å². The molecule has 0 radical (unpaired) electrons. The smallest absolute Gasteiger partial charge is 0.124 e. The predicted octanol–water partition coefficient (Wildman–Crippen LogP) is 1.96. The first kappa shape index (κ1) is 17.9. The highest BCUT2D eigenvalue weighted by molar-refractivity contribution is 5.38. The Morgan fingerprint density at radius 1 is 1.40 bits per heavy atom. The SMILES string of the molecule is Cc1cc2n(n1)C[C@H](CNC[C@@H](O)CO[C@H](C)c1ccccc1)CN2. The van der Waals surface area contributed by atoms with Crippen molar-refractivity contribution >= 4 is 5.82 Å². The van der Waals surface area contributed by atoms with E-state index < -0.39 is 6.10 Å². The minimum absolute atomic E-state index is 0.0140. The Morgan fingerprint density at radius 3 is 3.00 bits per heavy atom. The number of fused-ring (bicyclic) bond motifs is 1. The van der Waals surface area contributed by atoms with E-state index in [1.165, 1.54) is 0 Å². The molecule has 2 aromatic rings. The van der Waals surface area contributed by atoms with E-state index >= 15 is 0 Å². The van der Waals surface area contributed by atoms with Crippen LogP contribution in [0.2, 0.25) is 0 Å². The molecule has 0 unspecified atom stereocenters. The molecule has 0 fully saturated rings. The highest BCUT2D eigenvalue weighted by atomic mass is 16.5.